The first-order valence-corrected chi connectivity index (χ1v) is 7.83. The van der Waals surface area contributed by atoms with Crippen molar-refractivity contribution in [3.05, 3.63) is 53.6 Å². The highest BCUT2D eigenvalue weighted by Gasteiger charge is 2.30. The van der Waals surface area contributed by atoms with E-state index < -0.39 is 29.7 Å². The molecule has 0 aliphatic carbocycles. The van der Waals surface area contributed by atoms with Crippen molar-refractivity contribution in [2.75, 3.05) is 12.1 Å². The molecule has 0 unspecified atom stereocenters. The number of rotatable bonds is 4. The monoisotopic (exact) mass is 381 g/mol. The zero-order chi connectivity index (χ0) is 19.6. The summed E-state index contributed by atoms with van der Waals surface area (Å²) in [7, 11) is 0. The number of alkyl halides is 3. The molecule has 0 bridgehead atoms. The zero-order valence-corrected chi connectivity index (χ0v) is 14.0. The quantitative estimate of drug-likeness (QED) is 0.819. The summed E-state index contributed by atoms with van der Waals surface area (Å²) in [6, 6.07) is 8.38. The number of carbonyl (C=O) groups is 2. The van der Waals surface area contributed by atoms with Crippen molar-refractivity contribution in [2.24, 2.45) is 0 Å². The standard InChI is InChI=1S/C18H14F3NO5/c1-10(16(23)22-13-5-3-12(4-6-13)18(19,20)21)27-17(24)11-2-7-14-15(8-11)26-9-25-14/h2-8,10H,9H2,1H3,(H,22,23)/t10-/m0/s1. The van der Waals surface area contributed by atoms with Gasteiger partial charge in [-0.05, 0) is 49.4 Å². The van der Waals surface area contributed by atoms with Crippen LogP contribution in [0.5, 0.6) is 11.5 Å². The minimum absolute atomic E-state index is 0.0553. The number of carbonyl (C=O) groups excluding carboxylic acids is 2. The van der Waals surface area contributed by atoms with Crippen LogP contribution in [0.15, 0.2) is 42.5 Å². The number of amides is 1. The van der Waals surface area contributed by atoms with Crippen molar-refractivity contribution in [2.45, 2.75) is 19.2 Å². The molecule has 0 saturated heterocycles. The molecule has 0 spiro atoms. The predicted octanol–water partition coefficient (Wildman–Crippen LogP) is 3.62. The van der Waals surface area contributed by atoms with Crippen LogP contribution in [0.2, 0.25) is 0 Å². The maximum Gasteiger partial charge on any atom is 0.416 e. The summed E-state index contributed by atoms with van der Waals surface area (Å²) >= 11 is 0. The number of benzene rings is 2. The molecule has 27 heavy (non-hydrogen) atoms. The average Bonchev–Trinajstić information content (AvgIpc) is 3.09. The van der Waals surface area contributed by atoms with E-state index in [1.807, 2.05) is 0 Å². The molecule has 142 valence electrons. The third-order valence-corrected chi connectivity index (χ3v) is 3.74. The smallest absolute Gasteiger partial charge is 0.416 e. The van der Waals surface area contributed by atoms with Gasteiger partial charge in [-0.3, -0.25) is 4.79 Å². The summed E-state index contributed by atoms with van der Waals surface area (Å²) in [5.41, 5.74) is -0.504. The lowest BCUT2D eigenvalue weighted by molar-refractivity contribution is -0.137. The van der Waals surface area contributed by atoms with Gasteiger partial charge in [0.15, 0.2) is 17.6 Å². The van der Waals surface area contributed by atoms with Gasteiger partial charge in [0.25, 0.3) is 5.91 Å². The molecule has 0 fully saturated rings. The highest BCUT2D eigenvalue weighted by molar-refractivity contribution is 5.97. The molecule has 1 amide bonds. The Hall–Kier alpha value is -3.23. The van der Waals surface area contributed by atoms with E-state index in [9.17, 15) is 22.8 Å². The molecule has 2 aromatic rings. The van der Waals surface area contributed by atoms with Crippen molar-refractivity contribution in [1.82, 2.24) is 0 Å². The van der Waals surface area contributed by atoms with Crippen LogP contribution in [0.25, 0.3) is 0 Å². The van der Waals surface area contributed by atoms with Gasteiger partial charge in [0, 0.05) is 5.69 Å². The highest BCUT2D eigenvalue weighted by Crippen LogP contribution is 2.33. The van der Waals surface area contributed by atoms with Crippen LogP contribution in [0.1, 0.15) is 22.8 Å². The molecule has 9 heteroatoms. The molecule has 3 rings (SSSR count). The molecule has 0 saturated carbocycles. The molecule has 2 aromatic carbocycles. The van der Waals surface area contributed by atoms with E-state index in [2.05, 4.69) is 5.32 Å². The fourth-order valence-electron chi connectivity index (χ4n) is 2.29. The second-order valence-electron chi connectivity index (χ2n) is 5.68. The van der Waals surface area contributed by atoms with E-state index >= 15 is 0 Å². The Labute approximate surface area is 151 Å². The molecule has 0 radical (unpaired) electrons. The number of esters is 1. The van der Waals surface area contributed by atoms with Gasteiger partial charge in [0.1, 0.15) is 0 Å². The Bertz CT molecular complexity index is 864. The van der Waals surface area contributed by atoms with E-state index in [0.717, 1.165) is 24.3 Å². The van der Waals surface area contributed by atoms with Crippen LogP contribution in [-0.4, -0.2) is 24.8 Å². The maximum absolute atomic E-state index is 12.5. The largest absolute Gasteiger partial charge is 0.454 e. The first-order chi connectivity index (χ1) is 12.7. The van der Waals surface area contributed by atoms with Gasteiger partial charge in [0.05, 0.1) is 11.1 Å². The van der Waals surface area contributed by atoms with Crippen LogP contribution < -0.4 is 14.8 Å². The second kappa shape index (κ2) is 7.18. The first-order valence-electron chi connectivity index (χ1n) is 7.83. The molecule has 1 atom stereocenters. The van der Waals surface area contributed by atoms with E-state index in [1.54, 1.807) is 6.07 Å². The van der Waals surface area contributed by atoms with Crippen molar-refractivity contribution < 1.29 is 37.0 Å². The molecule has 1 heterocycles. The number of nitrogens with one attached hydrogen (secondary N) is 1. The van der Waals surface area contributed by atoms with Crippen LogP contribution in [0, 0.1) is 0 Å². The number of hydrogen-bond acceptors (Lipinski definition) is 5. The third-order valence-electron chi connectivity index (χ3n) is 3.74. The predicted molar refractivity (Wildman–Crippen MR) is 87.5 cm³/mol. The summed E-state index contributed by atoms with van der Waals surface area (Å²) in [6.45, 7) is 1.41. The molecule has 1 N–H and O–H groups in total. The fourth-order valence-corrected chi connectivity index (χ4v) is 2.29. The number of anilines is 1. The van der Waals surface area contributed by atoms with Gasteiger partial charge in [-0.25, -0.2) is 4.79 Å². The lowest BCUT2D eigenvalue weighted by Gasteiger charge is -2.14. The Morgan fingerprint density at radius 2 is 1.74 bits per heavy atom. The average molecular weight is 381 g/mol. The van der Waals surface area contributed by atoms with Crippen LogP contribution in [0.4, 0.5) is 18.9 Å². The SMILES string of the molecule is C[C@H](OC(=O)c1ccc2c(c1)OCO2)C(=O)Nc1ccc(C(F)(F)F)cc1. The molecular formula is C18H14F3NO5. The Balaban J connectivity index is 1.59. The normalized spacial score (nSPS) is 13.8. The lowest BCUT2D eigenvalue weighted by atomic mass is 10.2. The molecule has 0 aromatic heterocycles. The number of hydrogen-bond donors (Lipinski definition) is 1. The summed E-state index contributed by atoms with van der Waals surface area (Å²) in [5.74, 6) is -0.529. The van der Waals surface area contributed by atoms with Crippen molar-refractivity contribution >= 4 is 17.6 Å². The van der Waals surface area contributed by atoms with Gasteiger partial charge in [0.2, 0.25) is 6.79 Å². The van der Waals surface area contributed by atoms with Gasteiger partial charge in [-0.2, -0.15) is 13.2 Å². The van der Waals surface area contributed by atoms with Gasteiger partial charge in [-0.15, -0.1) is 0 Å². The van der Waals surface area contributed by atoms with E-state index in [1.165, 1.54) is 19.1 Å². The zero-order valence-electron chi connectivity index (χ0n) is 14.0. The summed E-state index contributed by atoms with van der Waals surface area (Å²) in [6.07, 6.45) is -5.62. The van der Waals surface area contributed by atoms with Crippen molar-refractivity contribution in [3.8, 4) is 11.5 Å². The molecule has 6 nitrogen and oxygen atoms in total. The Morgan fingerprint density at radius 3 is 2.41 bits per heavy atom. The molecule has 1 aliphatic rings. The minimum atomic E-state index is -4.46. The Kier molecular flexibility index (Phi) is 4.93. The van der Waals surface area contributed by atoms with Gasteiger partial charge < -0.3 is 19.5 Å². The van der Waals surface area contributed by atoms with Crippen LogP contribution >= 0.6 is 0 Å². The lowest BCUT2D eigenvalue weighted by Crippen LogP contribution is -2.30. The van der Waals surface area contributed by atoms with E-state index in [-0.39, 0.29) is 18.0 Å². The van der Waals surface area contributed by atoms with Crippen LogP contribution in [0.3, 0.4) is 0 Å². The van der Waals surface area contributed by atoms with Crippen LogP contribution in [-0.2, 0) is 15.7 Å². The van der Waals surface area contributed by atoms with Gasteiger partial charge in [-0.1, -0.05) is 0 Å². The topological polar surface area (TPSA) is 73.9 Å². The number of halogens is 3. The third kappa shape index (κ3) is 4.30. The number of ether oxygens (including phenoxy) is 3. The summed E-state index contributed by atoms with van der Waals surface area (Å²) in [5, 5.41) is 2.39. The second-order valence-corrected chi connectivity index (χ2v) is 5.68. The summed E-state index contributed by atoms with van der Waals surface area (Å²) < 4.78 is 53.0. The van der Waals surface area contributed by atoms with E-state index in [4.69, 9.17) is 14.2 Å². The molecule has 1 aliphatic heterocycles. The minimum Gasteiger partial charge on any atom is -0.454 e. The van der Waals surface area contributed by atoms with E-state index in [0.29, 0.717) is 11.5 Å². The van der Waals surface area contributed by atoms with Crippen molar-refractivity contribution in [3.63, 3.8) is 0 Å². The van der Waals surface area contributed by atoms with Crippen molar-refractivity contribution in [1.29, 1.82) is 0 Å². The molecular weight excluding hydrogens is 367 g/mol. The summed E-state index contributed by atoms with van der Waals surface area (Å²) in [4.78, 5) is 24.2. The Morgan fingerprint density at radius 1 is 1.07 bits per heavy atom. The first kappa shape index (κ1) is 18.6. The fraction of sp³-hybridized carbons (Fsp3) is 0.222. The highest BCUT2D eigenvalue weighted by atomic mass is 19.4. The number of fused-ring (bicyclic) bond motifs is 1. The maximum atomic E-state index is 12.5. The van der Waals surface area contributed by atoms with Gasteiger partial charge >= 0.3 is 12.1 Å².